The van der Waals surface area contributed by atoms with E-state index in [0.29, 0.717) is 13.0 Å². The predicted octanol–water partition coefficient (Wildman–Crippen LogP) is -0.667. The average Bonchev–Trinajstić information content (AvgIpc) is 2.85. The van der Waals surface area contributed by atoms with Crippen LogP contribution < -0.4 is 17.7 Å². The number of phenols is 1. The number of hydrogen-bond acceptors (Lipinski definition) is 4. The smallest absolute Gasteiger partial charge is 0.169 e. The molecule has 0 aliphatic carbocycles. The van der Waals surface area contributed by atoms with Gasteiger partial charge in [0, 0.05) is 15.3 Å². The highest BCUT2D eigenvalue weighted by Crippen LogP contribution is 2.21. The summed E-state index contributed by atoms with van der Waals surface area (Å²) >= 11 is 1.65. The lowest BCUT2D eigenvalue weighted by Crippen LogP contribution is -3.00. The van der Waals surface area contributed by atoms with Crippen molar-refractivity contribution in [3.63, 3.8) is 0 Å². The summed E-state index contributed by atoms with van der Waals surface area (Å²) in [4.78, 5) is 14.5. The Labute approximate surface area is 153 Å². The van der Waals surface area contributed by atoms with Gasteiger partial charge in [0.2, 0.25) is 0 Å². The van der Waals surface area contributed by atoms with Gasteiger partial charge in [-0.15, -0.1) is 11.3 Å². The molecule has 0 bridgehead atoms. The minimum atomic E-state index is -0.629. The number of quaternary nitrogens is 1. The summed E-state index contributed by atoms with van der Waals surface area (Å²) in [6.07, 6.45) is -0.167. The van der Waals surface area contributed by atoms with Gasteiger partial charge in [-0.2, -0.15) is 0 Å². The second-order valence-electron chi connectivity index (χ2n) is 5.92. The summed E-state index contributed by atoms with van der Waals surface area (Å²) in [5, 5.41) is 21.6. The molecule has 1 heterocycles. The Morgan fingerprint density at radius 1 is 1.25 bits per heavy atom. The molecule has 1 aromatic carbocycles. The first-order valence-corrected chi connectivity index (χ1v) is 8.60. The van der Waals surface area contributed by atoms with Crippen LogP contribution in [0.25, 0.3) is 0 Å². The number of nitrogens with two attached hydrogens (primary N) is 1. The molecule has 0 aliphatic rings. The van der Waals surface area contributed by atoms with Gasteiger partial charge < -0.3 is 27.9 Å². The van der Waals surface area contributed by atoms with Gasteiger partial charge >= 0.3 is 0 Å². The van der Waals surface area contributed by atoms with Gasteiger partial charge in [0.25, 0.3) is 0 Å². The zero-order valence-corrected chi connectivity index (χ0v) is 15.7. The second-order valence-corrected chi connectivity index (χ2v) is 7.38. The molecule has 4 N–H and O–H groups in total. The number of ketones is 1. The fourth-order valence-electron chi connectivity index (χ4n) is 2.62. The number of thiophene rings is 1. The second kappa shape index (κ2) is 9.18. The molecule has 4 nitrogen and oxygen atoms in total. The molecule has 0 aliphatic heterocycles. The number of aliphatic hydroxyl groups excluding tert-OH is 1. The highest BCUT2D eigenvalue weighted by Gasteiger charge is 2.20. The first kappa shape index (κ1) is 20.6. The Kier molecular flexibility index (Phi) is 7.90. The van der Waals surface area contributed by atoms with Gasteiger partial charge in [-0.3, -0.25) is 4.79 Å². The minimum Gasteiger partial charge on any atom is -1.00 e. The molecule has 1 aromatic heterocycles. The molecule has 0 spiro atoms. The lowest BCUT2D eigenvalue weighted by atomic mass is 10.0. The van der Waals surface area contributed by atoms with Crippen molar-refractivity contribution < 1.29 is 32.7 Å². The van der Waals surface area contributed by atoms with Crippen molar-refractivity contribution >= 4 is 17.1 Å². The van der Waals surface area contributed by atoms with E-state index in [0.717, 1.165) is 20.9 Å². The van der Waals surface area contributed by atoms with E-state index < -0.39 is 6.10 Å². The van der Waals surface area contributed by atoms with Crippen molar-refractivity contribution in [1.29, 1.82) is 0 Å². The Balaban J connectivity index is 0.00000288. The van der Waals surface area contributed by atoms with Crippen LogP contribution in [0, 0.1) is 13.8 Å². The number of aliphatic hydroxyl groups is 1. The van der Waals surface area contributed by atoms with Crippen LogP contribution in [0.4, 0.5) is 0 Å². The van der Waals surface area contributed by atoms with Crippen molar-refractivity contribution in [3.8, 4) is 5.75 Å². The first-order chi connectivity index (χ1) is 10.9. The first-order valence-electron chi connectivity index (χ1n) is 7.79. The Bertz CT molecular complexity index is 669. The third kappa shape index (κ3) is 5.31. The largest absolute Gasteiger partial charge is 1.00 e. The fraction of sp³-hybridized carbons (Fsp3) is 0.389. The van der Waals surface area contributed by atoms with Crippen LogP contribution in [0.3, 0.4) is 0 Å². The van der Waals surface area contributed by atoms with Gasteiger partial charge in [-0.05, 0) is 44.5 Å². The lowest BCUT2D eigenvalue weighted by Gasteiger charge is -2.17. The summed E-state index contributed by atoms with van der Waals surface area (Å²) in [6.45, 7) is 6.56. The quantitative estimate of drug-likeness (QED) is 0.567. The van der Waals surface area contributed by atoms with E-state index >= 15 is 0 Å². The topological polar surface area (TPSA) is 74.1 Å². The molecule has 0 amide bonds. The molecule has 6 heteroatoms. The van der Waals surface area contributed by atoms with Crippen LogP contribution in [0.1, 0.15) is 45.1 Å². The van der Waals surface area contributed by atoms with Crippen molar-refractivity contribution in [3.05, 3.63) is 51.2 Å². The molecule has 132 valence electrons. The van der Waals surface area contributed by atoms with E-state index in [4.69, 9.17) is 0 Å². The molecule has 24 heavy (non-hydrogen) atoms. The number of aromatic hydroxyl groups is 1. The predicted molar refractivity (Wildman–Crippen MR) is 92.1 cm³/mol. The monoisotopic (exact) mass is 369 g/mol. The number of Topliss-reactive ketones (excluding diaryl/α,β-unsaturated/α-hetero) is 1. The summed E-state index contributed by atoms with van der Waals surface area (Å²) < 4.78 is 0. The van der Waals surface area contributed by atoms with Crippen LogP contribution in [0.15, 0.2) is 30.3 Å². The zero-order valence-electron chi connectivity index (χ0n) is 14.1. The number of halogens is 1. The third-order valence-corrected chi connectivity index (χ3v) is 4.95. The van der Waals surface area contributed by atoms with Crippen LogP contribution in [-0.4, -0.2) is 28.6 Å². The number of rotatable bonds is 7. The van der Waals surface area contributed by atoms with E-state index in [1.807, 2.05) is 32.2 Å². The molecule has 0 fully saturated rings. The third-order valence-electron chi connectivity index (χ3n) is 3.98. The van der Waals surface area contributed by atoms with E-state index in [2.05, 4.69) is 0 Å². The SMILES string of the molecule is Cc1cc(C(=O)CC[NH2+]C(C)C(O)c2ccc(O)cc2)c(C)s1.[Cl-]. The van der Waals surface area contributed by atoms with Crippen LogP contribution in [0.2, 0.25) is 0 Å². The number of benzene rings is 1. The lowest BCUT2D eigenvalue weighted by molar-refractivity contribution is -0.693. The maximum atomic E-state index is 12.2. The van der Waals surface area contributed by atoms with Crippen molar-refractivity contribution in [1.82, 2.24) is 0 Å². The zero-order chi connectivity index (χ0) is 17.0. The standard InChI is InChI=1S/C18H23NO3S.ClH/c1-11-10-16(13(3)23-11)17(21)8-9-19-12(2)18(22)14-4-6-15(20)7-5-14;/h4-7,10,12,18-20,22H,8-9H2,1-3H3;1H. The normalized spacial score (nSPS) is 13.2. The molecular formula is C18H24ClNO3S. The number of carbonyl (C=O) groups excluding carboxylic acids is 1. The van der Waals surface area contributed by atoms with Gasteiger partial charge in [0.1, 0.15) is 17.9 Å². The number of aryl methyl sites for hydroxylation is 2. The van der Waals surface area contributed by atoms with Gasteiger partial charge in [0.05, 0.1) is 13.0 Å². The number of hydrogen-bond donors (Lipinski definition) is 3. The average molecular weight is 370 g/mol. The van der Waals surface area contributed by atoms with E-state index in [-0.39, 0.29) is 30.0 Å². The molecular weight excluding hydrogens is 346 g/mol. The van der Waals surface area contributed by atoms with Gasteiger partial charge in [-0.1, -0.05) is 12.1 Å². The highest BCUT2D eigenvalue weighted by atomic mass is 35.5. The summed E-state index contributed by atoms with van der Waals surface area (Å²) in [5.41, 5.74) is 1.59. The molecule has 0 saturated carbocycles. The Morgan fingerprint density at radius 3 is 2.42 bits per heavy atom. The number of carbonyl (C=O) groups is 1. The number of phenolic OH excluding ortho intramolecular Hbond substituents is 1. The van der Waals surface area contributed by atoms with E-state index in [1.54, 1.807) is 35.6 Å². The van der Waals surface area contributed by atoms with Gasteiger partial charge in [0.15, 0.2) is 5.78 Å². The molecule has 2 atom stereocenters. The Hall–Kier alpha value is -1.40. The molecule has 0 saturated heterocycles. The summed E-state index contributed by atoms with van der Waals surface area (Å²) in [5.74, 6) is 0.346. The van der Waals surface area contributed by atoms with Crippen LogP contribution >= 0.6 is 11.3 Å². The van der Waals surface area contributed by atoms with Crippen LogP contribution in [-0.2, 0) is 0 Å². The van der Waals surface area contributed by atoms with E-state index in [9.17, 15) is 15.0 Å². The van der Waals surface area contributed by atoms with Crippen molar-refractivity contribution in [2.24, 2.45) is 0 Å². The highest BCUT2D eigenvalue weighted by molar-refractivity contribution is 7.12. The van der Waals surface area contributed by atoms with Crippen molar-refractivity contribution in [2.45, 2.75) is 39.3 Å². The Morgan fingerprint density at radius 2 is 1.88 bits per heavy atom. The minimum absolute atomic E-state index is 0. The molecule has 2 aromatic rings. The fourth-order valence-corrected chi connectivity index (χ4v) is 3.57. The van der Waals surface area contributed by atoms with Gasteiger partial charge in [-0.25, -0.2) is 0 Å². The molecule has 2 rings (SSSR count). The van der Waals surface area contributed by atoms with E-state index in [1.165, 1.54) is 0 Å². The summed E-state index contributed by atoms with van der Waals surface area (Å²) in [7, 11) is 0. The maximum Gasteiger partial charge on any atom is 0.169 e. The maximum absolute atomic E-state index is 12.2. The molecule has 2 unspecified atom stereocenters. The van der Waals surface area contributed by atoms with Crippen LogP contribution in [0.5, 0.6) is 5.75 Å². The van der Waals surface area contributed by atoms with Crippen molar-refractivity contribution in [2.75, 3.05) is 6.54 Å². The molecule has 0 radical (unpaired) electrons. The summed E-state index contributed by atoms with van der Waals surface area (Å²) in [6, 6.07) is 8.46.